The summed E-state index contributed by atoms with van der Waals surface area (Å²) in [6.45, 7) is 7.15. The summed E-state index contributed by atoms with van der Waals surface area (Å²) in [5.74, 6) is 0. The first-order chi connectivity index (χ1) is 18.2. The number of rotatable bonds is 9. The molecule has 6 aromatic rings. The van der Waals surface area contributed by atoms with E-state index in [2.05, 4.69) is 121 Å². The zero-order valence-corrected chi connectivity index (χ0v) is 22.5. The van der Waals surface area contributed by atoms with Gasteiger partial charge >= 0.3 is 0 Å². The quantitative estimate of drug-likeness (QED) is 0.180. The summed E-state index contributed by atoms with van der Waals surface area (Å²) >= 11 is 0. The van der Waals surface area contributed by atoms with Gasteiger partial charge in [0.05, 0.1) is 22.2 Å². The van der Waals surface area contributed by atoms with Crippen molar-refractivity contribution in [1.29, 1.82) is 0 Å². The van der Waals surface area contributed by atoms with Crippen molar-refractivity contribution < 1.29 is 0 Å². The van der Waals surface area contributed by atoms with Gasteiger partial charge in [-0.05, 0) is 44.0 Å². The smallest absolute Gasteiger partial charge is 0.0741 e. The molecule has 6 rings (SSSR count). The summed E-state index contributed by atoms with van der Waals surface area (Å²) in [4.78, 5) is 0. The normalized spacial score (nSPS) is 13.7. The minimum atomic E-state index is 0.0441. The van der Waals surface area contributed by atoms with Crippen molar-refractivity contribution >= 4 is 43.6 Å². The number of para-hydroxylation sites is 4. The van der Waals surface area contributed by atoms with Crippen LogP contribution in [0, 0.1) is 0 Å². The van der Waals surface area contributed by atoms with Crippen LogP contribution in [0.25, 0.3) is 49.3 Å². The van der Waals surface area contributed by atoms with Crippen molar-refractivity contribution in [3.63, 3.8) is 0 Å². The van der Waals surface area contributed by atoms with Crippen molar-refractivity contribution in [2.75, 3.05) is 0 Å². The molecule has 0 saturated heterocycles. The second-order valence-electron chi connectivity index (χ2n) is 10.9. The van der Waals surface area contributed by atoms with Gasteiger partial charge in [0.1, 0.15) is 0 Å². The van der Waals surface area contributed by atoms with E-state index in [4.69, 9.17) is 0 Å². The Labute approximate surface area is 220 Å². The van der Waals surface area contributed by atoms with E-state index in [9.17, 15) is 0 Å². The van der Waals surface area contributed by atoms with Crippen LogP contribution < -0.4 is 0 Å². The van der Waals surface area contributed by atoms with Gasteiger partial charge in [0.15, 0.2) is 0 Å². The average Bonchev–Trinajstić information content (AvgIpc) is 3.46. The van der Waals surface area contributed by atoms with Gasteiger partial charge < -0.3 is 9.13 Å². The molecule has 2 heteroatoms. The summed E-state index contributed by atoms with van der Waals surface area (Å²) in [6, 6.07) is 33.6. The van der Waals surface area contributed by atoms with Gasteiger partial charge in [-0.15, -0.1) is 0 Å². The van der Waals surface area contributed by atoms with Crippen molar-refractivity contribution in [1.82, 2.24) is 9.13 Å². The molecule has 0 spiro atoms. The second kappa shape index (κ2) is 9.74. The van der Waals surface area contributed by atoms with Gasteiger partial charge in [-0.2, -0.15) is 0 Å². The Morgan fingerprint density at radius 2 is 1.11 bits per heavy atom. The van der Waals surface area contributed by atoms with E-state index in [1.165, 1.54) is 87.8 Å². The Kier molecular flexibility index (Phi) is 6.28. The molecule has 0 aliphatic rings. The van der Waals surface area contributed by atoms with E-state index in [1.54, 1.807) is 0 Å². The molecule has 1 atom stereocenters. The molecule has 0 amide bonds. The molecule has 2 nitrogen and oxygen atoms in total. The fourth-order valence-corrected chi connectivity index (χ4v) is 6.48. The monoisotopic (exact) mass is 486 g/mol. The topological polar surface area (TPSA) is 9.86 Å². The summed E-state index contributed by atoms with van der Waals surface area (Å²) in [6.07, 6.45) is 8.88. The maximum Gasteiger partial charge on any atom is 0.0741 e. The largest absolute Gasteiger partial charge is 0.333 e. The Balaban J connectivity index is 1.65. The number of aromatic nitrogens is 2. The van der Waals surface area contributed by atoms with Crippen LogP contribution >= 0.6 is 0 Å². The molecule has 0 fully saturated rings. The lowest BCUT2D eigenvalue weighted by Gasteiger charge is -2.33. The highest BCUT2D eigenvalue weighted by atomic mass is 15.1. The van der Waals surface area contributed by atoms with Gasteiger partial charge in [-0.1, -0.05) is 113 Å². The molecule has 0 saturated carbocycles. The van der Waals surface area contributed by atoms with Crippen LogP contribution in [0.15, 0.2) is 91.0 Å². The van der Waals surface area contributed by atoms with E-state index < -0.39 is 0 Å². The standard InChI is InChI=1S/C35H38N2/c1-4-6-7-8-15-25-35(3,5-2)37-32-23-14-11-19-28(32)29-20-16-24-33(34(29)37)36-30-21-12-9-17-26(30)27-18-10-13-22-31(27)36/h9-14,16-24H,4-8,15,25H2,1-3H3. The lowest BCUT2D eigenvalue weighted by atomic mass is 9.90. The molecule has 0 radical (unpaired) electrons. The molecule has 2 heterocycles. The third-order valence-corrected chi connectivity index (χ3v) is 8.61. The Morgan fingerprint density at radius 3 is 1.73 bits per heavy atom. The van der Waals surface area contributed by atoms with Crippen LogP contribution in [0.3, 0.4) is 0 Å². The van der Waals surface area contributed by atoms with Crippen molar-refractivity contribution in [2.45, 2.75) is 71.3 Å². The van der Waals surface area contributed by atoms with Gasteiger partial charge in [0, 0.05) is 32.6 Å². The van der Waals surface area contributed by atoms with Gasteiger partial charge in [0.25, 0.3) is 0 Å². The van der Waals surface area contributed by atoms with Crippen molar-refractivity contribution in [3.05, 3.63) is 91.0 Å². The summed E-state index contributed by atoms with van der Waals surface area (Å²) in [7, 11) is 0. The average molecular weight is 487 g/mol. The van der Waals surface area contributed by atoms with Crippen molar-refractivity contribution in [3.8, 4) is 5.69 Å². The van der Waals surface area contributed by atoms with Crippen LogP contribution in [0.5, 0.6) is 0 Å². The lowest BCUT2D eigenvalue weighted by molar-refractivity contribution is 0.287. The summed E-state index contributed by atoms with van der Waals surface area (Å²) in [5.41, 5.74) is 6.56. The molecule has 2 aromatic heterocycles. The predicted octanol–water partition coefficient (Wildman–Crippen LogP) is 10.4. The van der Waals surface area contributed by atoms with E-state index in [-0.39, 0.29) is 5.54 Å². The highest BCUT2D eigenvalue weighted by molar-refractivity contribution is 6.14. The zero-order valence-electron chi connectivity index (χ0n) is 22.5. The van der Waals surface area contributed by atoms with Crippen LogP contribution in [-0.4, -0.2) is 9.13 Å². The third-order valence-electron chi connectivity index (χ3n) is 8.61. The van der Waals surface area contributed by atoms with Crippen LogP contribution in [0.4, 0.5) is 0 Å². The Hall–Kier alpha value is -3.52. The maximum absolute atomic E-state index is 2.70. The highest BCUT2D eigenvalue weighted by Gasteiger charge is 2.29. The molecule has 188 valence electrons. The molecule has 0 aliphatic heterocycles. The molecule has 4 aromatic carbocycles. The van der Waals surface area contributed by atoms with E-state index in [1.807, 2.05) is 0 Å². The van der Waals surface area contributed by atoms with Crippen LogP contribution in [0.2, 0.25) is 0 Å². The number of fused-ring (bicyclic) bond motifs is 6. The lowest BCUT2D eigenvalue weighted by Crippen LogP contribution is -2.29. The first-order valence-electron chi connectivity index (χ1n) is 14.2. The minimum absolute atomic E-state index is 0.0441. The zero-order chi connectivity index (χ0) is 25.4. The summed E-state index contributed by atoms with van der Waals surface area (Å²) < 4.78 is 5.20. The number of nitrogens with zero attached hydrogens (tertiary/aromatic N) is 2. The number of benzene rings is 4. The van der Waals surface area contributed by atoms with Crippen LogP contribution in [0.1, 0.15) is 65.7 Å². The first-order valence-corrected chi connectivity index (χ1v) is 14.2. The molecule has 0 aliphatic carbocycles. The minimum Gasteiger partial charge on any atom is -0.333 e. The van der Waals surface area contributed by atoms with Gasteiger partial charge in [-0.3, -0.25) is 0 Å². The summed E-state index contributed by atoms with van der Waals surface area (Å²) in [5, 5.41) is 5.32. The maximum atomic E-state index is 2.70. The SMILES string of the molecule is CCCCCCCC(C)(CC)n1c2ccccc2c2cccc(-n3c4ccccc4c4ccccc43)c21. The highest BCUT2D eigenvalue weighted by Crippen LogP contribution is 2.42. The number of hydrogen-bond acceptors (Lipinski definition) is 0. The van der Waals surface area contributed by atoms with Crippen LogP contribution in [-0.2, 0) is 5.54 Å². The molecular formula is C35H38N2. The number of unbranched alkanes of at least 4 members (excludes halogenated alkanes) is 4. The molecule has 1 unspecified atom stereocenters. The van der Waals surface area contributed by atoms with Gasteiger partial charge in [0.2, 0.25) is 0 Å². The van der Waals surface area contributed by atoms with Crippen molar-refractivity contribution in [2.24, 2.45) is 0 Å². The fraction of sp³-hybridized carbons (Fsp3) is 0.314. The van der Waals surface area contributed by atoms with Gasteiger partial charge in [-0.25, -0.2) is 0 Å². The molecular weight excluding hydrogens is 448 g/mol. The molecule has 37 heavy (non-hydrogen) atoms. The Bertz CT molecular complexity index is 1650. The van der Waals surface area contributed by atoms with E-state index in [0.717, 1.165) is 6.42 Å². The third kappa shape index (κ3) is 3.85. The molecule has 0 N–H and O–H groups in total. The number of hydrogen-bond donors (Lipinski definition) is 0. The first kappa shape index (κ1) is 23.9. The Morgan fingerprint density at radius 1 is 0.568 bits per heavy atom. The predicted molar refractivity (Wildman–Crippen MR) is 161 cm³/mol. The van der Waals surface area contributed by atoms with E-state index >= 15 is 0 Å². The fourth-order valence-electron chi connectivity index (χ4n) is 6.48. The van der Waals surface area contributed by atoms with E-state index in [0.29, 0.717) is 0 Å². The molecule has 0 bridgehead atoms. The second-order valence-corrected chi connectivity index (χ2v) is 10.9.